The van der Waals surface area contributed by atoms with Gasteiger partial charge in [0.25, 0.3) is 0 Å². The van der Waals surface area contributed by atoms with Gasteiger partial charge in [0, 0.05) is 0 Å². The van der Waals surface area contributed by atoms with Gasteiger partial charge in [-0.05, 0) is 40.1 Å². The normalized spacial score (nSPS) is 11.6. The molecule has 0 saturated carbocycles. The summed E-state index contributed by atoms with van der Waals surface area (Å²) < 4.78 is 39.7. The summed E-state index contributed by atoms with van der Waals surface area (Å²) in [4.78, 5) is 11.5. The lowest BCUT2D eigenvalue weighted by Gasteiger charge is -2.15. The van der Waals surface area contributed by atoms with Crippen LogP contribution in [0.3, 0.4) is 0 Å². The van der Waals surface area contributed by atoms with E-state index in [4.69, 9.17) is 0 Å². The first-order valence-corrected chi connectivity index (χ1v) is 6.80. The highest BCUT2D eigenvalue weighted by Crippen LogP contribution is 2.39. The van der Waals surface area contributed by atoms with Crippen LogP contribution in [0.25, 0.3) is 21.9 Å². The van der Waals surface area contributed by atoms with E-state index >= 15 is 0 Å². The molecule has 0 radical (unpaired) electrons. The highest BCUT2D eigenvalue weighted by molar-refractivity contribution is 6.02. The summed E-state index contributed by atoms with van der Waals surface area (Å²) in [5, 5.41) is 10.7. The van der Waals surface area contributed by atoms with Crippen molar-refractivity contribution in [1.29, 1.82) is 0 Å². The first kappa shape index (κ1) is 15.1. The summed E-state index contributed by atoms with van der Waals surface area (Å²) in [6, 6.07) is 14.8. The summed E-state index contributed by atoms with van der Waals surface area (Å²) >= 11 is 0. The lowest BCUT2D eigenvalue weighted by molar-refractivity contribution is -0.137. The van der Waals surface area contributed by atoms with E-state index in [2.05, 4.69) is 0 Å². The van der Waals surface area contributed by atoms with E-state index in [1.54, 1.807) is 24.3 Å². The number of benzene rings is 3. The lowest BCUT2D eigenvalue weighted by Crippen LogP contribution is -2.09. The topological polar surface area (TPSA) is 37.3 Å². The van der Waals surface area contributed by atoms with Crippen molar-refractivity contribution in [3.8, 4) is 11.1 Å². The number of rotatable bonds is 2. The second kappa shape index (κ2) is 5.43. The van der Waals surface area contributed by atoms with Gasteiger partial charge in [0.1, 0.15) is 0 Å². The maximum absolute atomic E-state index is 13.2. The minimum atomic E-state index is -4.56. The minimum absolute atomic E-state index is 0.0594. The van der Waals surface area contributed by atoms with Crippen molar-refractivity contribution in [2.75, 3.05) is 0 Å². The molecular formula is C18H11F3O2. The molecule has 0 spiro atoms. The summed E-state index contributed by atoms with van der Waals surface area (Å²) in [6.45, 7) is 0. The lowest BCUT2D eigenvalue weighted by atomic mass is 9.92. The second-order valence-corrected chi connectivity index (χ2v) is 5.09. The standard InChI is InChI=1S/C18H11F3O2/c19-18(20,21)16-8-4-3-7-13(16)14-9-11-5-1-2-6-12(11)10-15(14)17(22)23/h1-10H,(H,22,23). The molecule has 0 aliphatic heterocycles. The summed E-state index contributed by atoms with van der Waals surface area (Å²) in [7, 11) is 0. The third-order valence-electron chi connectivity index (χ3n) is 3.64. The number of carboxylic acid groups (broad SMARTS) is 1. The predicted molar refractivity (Wildman–Crippen MR) is 81.3 cm³/mol. The average Bonchev–Trinajstić information content (AvgIpc) is 2.52. The molecule has 0 fully saturated rings. The van der Waals surface area contributed by atoms with E-state index in [1.165, 1.54) is 30.3 Å². The first-order valence-electron chi connectivity index (χ1n) is 6.80. The summed E-state index contributed by atoms with van der Waals surface area (Å²) in [5.41, 5.74) is -1.08. The van der Waals surface area contributed by atoms with Gasteiger partial charge in [0.2, 0.25) is 0 Å². The number of fused-ring (bicyclic) bond motifs is 1. The predicted octanol–water partition coefficient (Wildman–Crippen LogP) is 5.22. The Kier molecular flexibility index (Phi) is 3.56. The van der Waals surface area contributed by atoms with E-state index < -0.39 is 17.7 Å². The average molecular weight is 316 g/mol. The summed E-state index contributed by atoms with van der Waals surface area (Å²) in [5.74, 6) is -1.26. The van der Waals surface area contributed by atoms with Gasteiger partial charge < -0.3 is 5.11 Å². The molecule has 0 atom stereocenters. The SMILES string of the molecule is O=C(O)c1cc2ccccc2cc1-c1ccccc1C(F)(F)F. The van der Waals surface area contributed by atoms with Crippen LogP contribution in [0.5, 0.6) is 0 Å². The van der Waals surface area contributed by atoms with Gasteiger partial charge in [-0.15, -0.1) is 0 Å². The molecule has 0 unspecified atom stereocenters. The van der Waals surface area contributed by atoms with Crippen LogP contribution in [0.4, 0.5) is 13.2 Å². The van der Waals surface area contributed by atoms with Crippen LogP contribution in [0.15, 0.2) is 60.7 Å². The van der Waals surface area contributed by atoms with Crippen molar-refractivity contribution < 1.29 is 23.1 Å². The Morgan fingerprint density at radius 1 is 0.826 bits per heavy atom. The van der Waals surface area contributed by atoms with E-state index in [9.17, 15) is 23.1 Å². The highest BCUT2D eigenvalue weighted by atomic mass is 19.4. The van der Waals surface area contributed by atoms with Crippen molar-refractivity contribution in [2.45, 2.75) is 6.18 Å². The molecule has 0 saturated heterocycles. The molecule has 0 bridgehead atoms. The number of carbonyl (C=O) groups is 1. The number of hydrogen-bond acceptors (Lipinski definition) is 1. The number of hydrogen-bond donors (Lipinski definition) is 1. The number of halogens is 3. The Hall–Kier alpha value is -2.82. The van der Waals surface area contributed by atoms with Crippen LogP contribution < -0.4 is 0 Å². The van der Waals surface area contributed by atoms with Crippen molar-refractivity contribution in [3.05, 3.63) is 71.8 Å². The van der Waals surface area contributed by atoms with Crippen LogP contribution in [0, 0.1) is 0 Å². The molecule has 5 heteroatoms. The van der Waals surface area contributed by atoms with Crippen molar-refractivity contribution in [3.63, 3.8) is 0 Å². The highest BCUT2D eigenvalue weighted by Gasteiger charge is 2.34. The Labute approximate surface area is 129 Å². The van der Waals surface area contributed by atoms with Crippen LogP contribution in [-0.4, -0.2) is 11.1 Å². The van der Waals surface area contributed by atoms with Crippen LogP contribution >= 0.6 is 0 Å². The second-order valence-electron chi connectivity index (χ2n) is 5.09. The van der Waals surface area contributed by atoms with Gasteiger partial charge in [-0.2, -0.15) is 13.2 Å². The van der Waals surface area contributed by atoms with Crippen LogP contribution in [0.1, 0.15) is 15.9 Å². The zero-order valence-corrected chi connectivity index (χ0v) is 11.8. The van der Waals surface area contributed by atoms with Gasteiger partial charge in [0.15, 0.2) is 0 Å². The third kappa shape index (κ3) is 2.77. The van der Waals surface area contributed by atoms with E-state index in [1.807, 2.05) is 0 Å². The molecule has 3 aromatic carbocycles. The quantitative estimate of drug-likeness (QED) is 0.703. The fourth-order valence-electron chi connectivity index (χ4n) is 2.61. The zero-order valence-electron chi connectivity index (χ0n) is 11.8. The molecule has 3 rings (SSSR count). The minimum Gasteiger partial charge on any atom is -0.478 e. The van der Waals surface area contributed by atoms with Gasteiger partial charge in [-0.1, -0.05) is 42.5 Å². The molecule has 0 aliphatic rings. The van der Waals surface area contributed by atoms with E-state index in [0.717, 1.165) is 6.07 Å². The fraction of sp³-hybridized carbons (Fsp3) is 0.0556. The van der Waals surface area contributed by atoms with Crippen molar-refractivity contribution in [2.24, 2.45) is 0 Å². The van der Waals surface area contributed by atoms with Gasteiger partial charge in [0.05, 0.1) is 11.1 Å². The van der Waals surface area contributed by atoms with E-state index in [0.29, 0.717) is 10.8 Å². The molecule has 0 aliphatic carbocycles. The smallest absolute Gasteiger partial charge is 0.417 e. The third-order valence-corrected chi connectivity index (χ3v) is 3.64. The number of carboxylic acids is 1. The van der Waals surface area contributed by atoms with Gasteiger partial charge in [-0.3, -0.25) is 0 Å². The summed E-state index contributed by atoms with van der Waals surface area (Å²) in [6.07, 6.45) is -4.56. The number of alkyl halides is 3. The van der Waals surface area contributed by atoms with Crippen molar-refractivity contribution >= 4 is 16.7 Å². The molecule has 116 valence electrons. The zero-order chi connectivity index (χ0) is 16.6. The van der Waals surface area contributed by atoms with Crippen LogP contribution in [-0.2, 0) is 6.18 Å². The Morgan fingerprint density at radius 2 is 1.39 bits per heavy atom. The van der Waals surface area contributed by atoms with Gasteiger partial charge >= 0.3 is 12.1 Å². The molecular weight excluding hydrogens is 305 g/mol. The molecule has 0 amide bonds. The molecule has 3 aromatic rings. The van der Waals surface area contributed by atoms with E-state index in [-0.39, 0.29) is 16.7 Å². The van der Waals surface area contributed by atoms with Crippen molar-refractivity contribution in [1.82, 2.24) is 0 Å². The Morgan fingerprint density at radius 3 is 2.00 bits per heavy atom. The largest absolute Gasteiger partial charge is 0.478 e. The first-order chi connectivity index (χ1) is 10.9. The Balaban J connectivity index is 2.36. The van der Waals surface area contributed by atoms with Gasteiger partial charge in [-0.25, -0.2) is 4.79 Å². The maximum atomic E-state index is 13.2. The Bertz CT molecular complexity index is 898. The molecule has 23 heavy (non-hydrogen) atoms. The number of aromatic carboxylic acids is 1. The molecule has 0 heterocycles. The fourth-order valence-corrected chi connectivity index (χ4v) is 2.61. The monoisotopic (exact) mass is 316 g/mol. The molecule has 1 N–H and O–H groups in total. The van der Waals surface area contributed by atoms with Crippen LogP contribution in [0.2, 0.25) is 0 Å². The molecule has 2 nitrogen and oxygen atoms in total. The maximum Gasteiger partial charge on any atom is 0.417 e. The molecule has 0 aromatic heterocycles.